The molecule has 0 bridgehead atoms. The zero-order valence-corrected chi connectivity index (χ0v) is 24.1. The number of unbranched alkanes of at least 4 members (excludes halogenated alkanes) is 15. The van der Waals surface area contributed by atoms with Crippen LogP contribution in [0, 0.1) is 0 Å². The molecule has 0 radical (unpaired) electrons. The van der Waals surface area contributed by atoms with Crippen molar-refractivity contribution in [3.05, 3.63) is 0 Å². The van der Waals surface area contributed by atoms with Gasteiger partial charge in [-0.05, 0) is 45.7 Å². The van der Waals surface area contributed by atoms with Gasteiger partial charge in [0.2, 0.25) is 0 Å². The van der Waals surface area contributed by atoms with E-state index in [0.29, 0.717) is 6.10 Å². The summed E-state index contributed by atoms with van der Waals surface area (Å²) >= 11 is 0. The van der Waals surface area contributed by atoms with Gasteiger partial charge in [0.15, 0.2) is 16.6 Å². The van der Waals surface area contributed by atoms with Crippen LogP contribution >= 0.6 is 0 Å². The fourth-order valence-corrected chi connectivity index (χ4v) is 5.81. The molecule has 1 unspecified atom stereocenters. The molecule has 0 saturated carbocycles. The highest BCUT2D eigenvalue weighted by Gasteiger charge is 2.23. The van der Waals surface area contributed by atoms with Crippen LogP contribution in [0.5, 0.6) is 0 Å². The van der Waals surface area contributed by atoms with E-state index in [0.717, 1.165) is 6.61 Å². The maximum atomic E-state index is 6.39. The van der Waals surface area contributed by atoms with E-state index in [9.17, 15) is 0 Å². The third-order valence-corrected chi connectivity index (χ3v) is 7.68. The van der Waals surface area contributed by atoms with Crippen LogP contribution in [0.2, 0.25) is 39.3 Å². The molecule has 0 spiro atoms. The second-order valence-electron chi connectivity index (χ2n) is 11.4. The van der Waals surface area contributed by atoms with Crippen molar-refractivity contribution in [3.8, 4) is 0 Å². The van der Waals surface area contributed by atoms with E-state index < -0.39 is 16.6 Å². The molecule has 0 aromatic carbocycles. The van der Waals surface area contributed by atoms with Gasteiger partial charge in [0.1, 0.15) is 0 Å². The molecule has 0 aliphatic rings. The SMILES string of the molecule is CCCCCCCCCCCCCCCCCCC(CO[Si](C)(C)C)O[Si](C)(C)C. The summed E-state index contributed by atoms with van der Waals surface area (Å²) < 4.78 is 12.5. The molecule has 0 fully saturated rings. The molecule has 30 heavy (non-hydrogen) atoms. The Morgan fingerprint density at radius 3 is 1.20 bits per heavy atom. The average molecular weight is 459 g/mol. The minimum absolute atomic E-state index is 0.315. The predicted molar refractivity (Wildman–Crippen MR) is 142 cm³/mol. The van der Waals surface area contributed by atoms with Crippen LogP contribution in [0.3, 0.4) is 0 Å². The lowest BCUT2D eigenvalue weighted by Gasteiger charge is -2.29. The Labute approximate surface area is 193 Å². The molecule has 1 atom stereocenters. The zero-order chi connectivity index (χ0) is 22.7. The summed E-state index contributed by atoms with van der Waals surface area (Å²) in [6.45, 7) is 16.8. The van der Waals surface area contributed by atoms with Gasteiger partial charge in [-0.15, -0.1) is 0 Å². The Balaban J connectivity index is 3.54. The molecule has 0 aliphatic heterocycles. The second-order valence-corrected chi connectivity index (χ2v) is 20.3. The highest BCUT2D eigenvalue weighted by Crippen LogP contribution is 2.18. The molecule has 0 aromatic heterocycles. The van der Waals surface area contributed by atoms with Crippen LogP contribution in [0.25, 0.3) is 0 Å². The molecule has 0 heterocycles. The standard InChI is InChI=1S/C26H58O2Si2/c1-8-9-10-11-12-13-14-15-16-17-18-19-20-21-22-23-24-26(28-30(5,6)7)25-27-29(2,3)4/h26H,8-25H2,1-7H3. The van der Waals surface area contributed by atoms with Crippen LogP contribution in [0.4, 0.5) is 0 Å². The Morgan fingerprint density at radius 2 is 0.867 bits per heavy atom. The third-order valence-electron chi connectivity index (χ3n) is 5.60. The topological polar surface area (TPSA) is 18.5 Å². The average Bonchev–Trinajstić information content (AvgIpc) is 2.64. The van der Waals surface area contributed by atoms with E-state index in [4.69, 9.17) is 8.85 Å². The van der Waals surface area contributed by atoms with Crippen LogP contribution in [0.15, 0.2) is 0 Å². The molecular formula is C26H58O2Si2. The normalized spacial score (nSPS) is 13.7. The molecule has 0 rings (SSSR count). The maximum Gasteiger partial charge on any atom is 0.184 e. The molecular weight excluding hydrogens is 400 g/mol. The van der Waals surface area contributed by atoms with Crippen LogP contribution in [0.1, 0.15) is 116 Å². The summed E-state index contributed by atoms with van der Waals surface area (Å²) in [5.41, 5.74) is 0. The molecule has 182 valence electrons. The van der Waals surface area contributed by atoms with Crippen molar-refractivity contribution >= 4 is 16.6 Å². The van der Waals surface area contributed by atoms with Crippen molar-refractivity contribution in [1.82, 2.24) is 0 Å². The summed E-state index contributed by atoms with van der Waals surface area (Å²) in [6, 6.07) is 0. The fraction of sp³-hybridized carbons (Fsp3) is 1.00. The summed E-state index contributed by atoms with van der Waals surface area (Å²) in [5, 5.41) is 0. The first-order valence-electron chi connectivity index (χ1n) is 13.5. The minimum atomic E-state index is -1.49. The van der Waals surface area contributed by atoms with Crippen molar-refractivity contribution in [2.24, 2.45) is 0 Å². The van der Waals surface area contributed by atoms with Gasteiger partial charge in [-0.3, -0.25) is 0 Å². The minimum Gasteiger partial charge on any atom is -0.415 e. The summed E-state index contributed by atoms with van der Waals surface area (Å²) in [7, 11) is -2.94. The van der Waals surface area contributed by atoms with Crippen molar-refractivity contribution in [2.45, 2.75) is 161 Å². The van der Waals surface area contributed by atoms with Crippen molar-refractivity contribution in [3.63, 3.8) is 0 Å². The number of hydrogen-bond acceptors (Lipinski definition) is 2. The highest BCUT2D eigenvalue weighted by molar-refractivity contribution is 6.70. The van der Waals surface area contributed by atoms with E-state index in [1.54, 1.807) is 0 Å². The molecule has 0 aromatic rings. The van der Waals surface area contributed by atoms with Crippen LogP contribution < -0.4 is 0 Å². The first-order valence-corrected chi connectivity index (χ1v) is 20.3. The highest BCUT2D eigenvalue weighted by atomic mass is 28.4. The second kappa shape index (κ2) is 18.9. The Kier molecular flexibility index (Phi) is 19.1. The maximum absolute atomic E-state index is 6.39. The largest absolute Gasteiger partial charge is 0.415 e. The van der Waals surface area contributed by atoms with Crippen molar-refractivity contribution in [1.29, 1.82) is 0 Å². The third kappa shape index (κ3) is 24.6. The fourth-order valence-electron chi connectivity index (χ4n) is 3.94. The first-order chi connectivity index (χ1) is 14.1. The number of hydrogen-bond donors (Lipinski definition) is 0. The lowest BCUT2D eigenvalue weighted by Crippen LogP contribution is -2.38. The molecule has 0 amide bonds. The summed E-state index contributed by atoms with van der Waals surface area (Å²) in [4.78, 5) is 0. The van der Waals surface area contributed by atoms with Gasteiger partial charge < -0.3 is 8.85 Å². The zero-order valence-electron chi connectivity index (χ0n) is 22.1. The van der Waals surface area contributed by atoms with Gasteiger partial charge >= 0.3 is 0 Å². The van der Waals surface area contributed by atoms with Crippen molar-refractivity contribution < 1.29 is 8.85 Å². The summed E-state index contributed by atoms with van der Waals surface area (Å²) in [5.74, 6) is 0. The lowest BCUT2D eigenvalue weighted by atomic mass is 10.0. The van der Waals surface area contributed by atoms with E-state index in [1.165, 1.54) is 109 Å². The Bertz CT molecular complexity index is 361. The lowest BCUT2D eigenvalue weighted by molar-refractivity contribution is 0.109. The van der Waals surface area contributed by atoms with Crippen molar-refractivity contribution in [2.75, 3.05) is 6.61 Å². The van der Waals surface area contributed by atoms with Gasteiger partial charge in [-0.2, -0.15) is 0 Å². The smallest absolute Gasteiger partial charge is 0.184 e. The van der Waals surface area contributed by atoms with E-state index in [-0.39, 0.29) is 0 Å². The number of rotatable bonds is 22. The van der Waals surface area contributed by atoms with E-state index >= 15 is 0 Å². The van der Waals surface area contributed by atoms with Crippen LogP contribution in [-0.4, -0.2) is 29.3 Å². The Morgan fingerprint density at radius 1 is 0.500 bits per heavy atom. The van der Waals surface area contributed by atoms with E-state index in [1.807, 2.05) is 0 Å². The van der Waals surface area contributed by atoms with Crippen LogP contribution in [-0.2, 0) is 8.85 Å². The van der Waals surface area contributed by atoms with Gasteiger partial charge in [-0.25, -0.2) is 0 Å². The quantitative estimate of drug-likeness (QED) is 0.119. The van der Waals surface area contributed by atoms with Gasteiger partial charge in [0, 0.05) is 0 Å². The molecule has 4 heteroatoms. The van der Waals surface area contributed by atoms with E-state index in [2.05, 4.69) is 46.2 Å². The molecule has 2 nitrogen and oxygen atoms in total. The monoisotopic (exact) mass is 458 g/mol. The molecule has 0 aliphatic carbocycles. The molecule has 0 saturated heterocycles. The van der Waals surface area contributed by atoms with Gasteiger partial charge in [0.25, 0.3) is 0 Å². The Hall–Kier alpha value is 0.354. The predicted octanol–water partition coefficient (Wildman–Crippen LogP) is 9.71. The molecule has 0 N–H and O–H groups in total. The van der Waals surface area contributed by atoms with Gasteiger partial charge in [0.05, 0.1) is 12.7 Å². The van der Waals surface area contributed by atoms with Gasteiger partial charge in [-0.1, -0.05) is 110 Å². The summed E-state index contributed by atoms with van der Waals surface area (Å²) in [6.07, 6.45) is 24.3. The first kappa shape index (κ1) is 30.4.